The molecular weight excluding hydrogens is 357 g/mol. The molecule has 8 heteroatoms. The topological polar surface area (TPSA) is 63.6 Å². The van der Waals surface area contributed by atoms with E-state index in [1.807, 2.05) is 29.9 Å². The standard InChI is InChI=1S/C18H24FN3O3S/c1-21-8-2-3-17(21)18(22-9-11-25-12-10-22)13-20-26(23,24)14-15-4-6-16(19)7-5-15/h2-8,18,20H,9-14H2,1H3/t18-/m1/s1. The lowest BCUT2D eigenvalue weighted by Crippen LogP contribution is -2.44. The molecule has 1 aromatic carbocycles. The van der Waals surface area contributed by atoms with Gasteiger partial charge in [0, 0.05) is 38.6 Å². The number of benzene rings is 1. The van der Waals surface area contributed by atoms with E-state index in [1.165, 1.54) is 24.3 Å². The summed E-state index contributed by atoms with van der Waals surface area (Å²) in [4.78, 5) is 2.24. The minimum Gasteiger partial charge on any atom is -0.379 e. The maximum Gasteiger partial charge on any atom is 0.215 e. The predicted octanol–water partition coefficient (Wildman–Crippen LogP) is 1.66. The Kier molecular flexibility index (Phi) is 6.08. The summed E-state index contributed by atoms with van der Waals surface area (Å²) >= 11 is 0. The summed E-state index contributed by atoms with van der Waals surface area (Å²) in [7, 11) is -1.57. The lowest BCUT2D eigenvalue weighted by molar-refractivity contribution is 0.0158. The molecule has 6 nitrogen and oxygen atoms in total. The second-order valence-electron chi connectivity index (χ2n) is 6.44. The molecule has 142 valence electrons. The van der Waals surface area contributed by atoms with Crippen LogP contribution in [0.3, 0.4) is 0 Å². The molecule has 0 unspecified atom stereocenters. The van der Waals surface area contributed by atoms with E-state index in [4.69, 9.17) is 4.74 Å². The lowest BCUT2D eigenvalue weighted by atomic mass is 10.1. The van der Waals surface area contributed by atoms with Crippen molar-refractivity contribution in [1.29, 1.82) is 0 Å². The molecular formula is C18H24FN3O3S. The fourth-order valence-electron chi connectivity index (χ4n) is 3.19. The number of nitrogens with zero attached hydrogens (tertiary/aromatic N) is 2. The van der Waals surface area contributed by atoms with E-state index in [2.05, 4.69) is 9.62 Å². The Morgan fingerprint density at radius 2 is 1.88 bits per heavy atom. The van der Waals surface area contributed by atoms with Gasteiger partial charge in [0.15, 0.2) is 0 Å². The molecule has 1 N–H and O–H groups in total. The van der Waals surface area contributed by atoms with Crippen LogP contribution in [0, 0.1) is 5.82 Å². The highest BCUT2D eigenvalue weighted by Crippen LogP contribution is 2.22. The maximum absolute atomic E-state index is 13.0. The zero-order valence-electron chi connectivity index (χ0n) is 14.8. The third-order valence-electron chi connectivity index (χ3n) is 4.58. The van der Waals surface area contributed by atoms with Crippen molar-refractivity contribution < 1.29 is 17.5 Å². The number of rotatable bonds is 7. The van der Waals surface area contributed by atoms with Crippen LogP contribution in [-0.4, -0.2) is 50.7 Å². The van der Waals surface area contributed by atoms with Crippen LogP contribution >= 0.6 is 0 Å². The fourth-order valence-corrected chi connectivity index (χ4v) is 4.33. The molecule has 0 bridgehead atoms. The van der Waals surface area contributed by atoms with Crippen LogP contribution in [0.1, 0.15) is 17.3 Å². The van der Waals surface area contributed by atoms with Gasteiger partial charge in [-0.2, -0.15) is 0 Å². The Bertz CT molecular complexity index is 814. The Morgan fingerprint density at radius 3 is 2.50 bits per heavy atom. The van der Waals surface area contributed by atoms with Crippen molar-refractivity contribution in [2.75, 3.05) is 32.8 Å². The summed E-state index contributed by atoms with van der Waals surface area (Å²) in [5.74, 6) is -0.550. The van der Waals surface area contributed by atoms with Crippen molar-refractivity contribution in [2.24, 2.45) is 7.05 Å². The second-order valence-corrected chi connectivity index (χ2v) is 8.25. The quantitative estimate of drug-likeness (QED) is 0.792. The van der Waals surface area contributed by atoms with Gasteiger partial charge in [-0.1, -0.05) is 12.1 Å². The molecule has 1 atom stereocenters. The largest absolute Gasteiger partial charge is 0.379 e. The van der Waals surface area contributed by atoms with Crippen molar-refractivity contribution >= 4 is 10.0 Å². The van der Waals surface area contributed by atoms with Crippen molar-refractivity contribution in [1.82, 2.24) is 14.2 Å². The first-order valence-corrected chi connectivity index (χ1v) is 10.2. The molecule has 1 aliphatic rings. The molecule has 26 heavy (non-hydrogen) atoms. The smallest absolute Gasteiger partial charge is 0.215 e. The van der Waals surface area contributed by atoms with Crippen LogP contribution in [-0.2, 0) is 27.6 Å². The average molecular weight is 381 g/mol. The van der Waals surface area contributed by atoms with E-state index in [9.17, 15) is 12.8 Å². The number of hydrogen-bond donors (Lipinski definition) is 1. The molecule has 1 aromatic heterocycles. The lowest BCUT2D eigenvalue weighted by Gasteiger charge is -2.34. The molecule has 0 saturated carbocycles. The molecule has 3 rings (SSSR count). The summed E-state index contributed by atoms with van der Waals surface area (Å²) in [5, 5.41) is 0. The van der Waals surface area contributed by atoms with Gasteiger partial charge in [0.25, 0.3) is 0 Å². The Labute approximate surface area is 153 Å². The van der Waals surface area contributed by atoms with Crippen LogP contribution in [0.5, 0.6) is 0 Å². The molecule has 0 amide bonds. The van der Waals surface area contributed by atoms with Gasteiger partial charge in [0.05, 0.1) is 25.0 Å². The number of aromatic nitrogens is 1. The van der Waals surface area contributed by atoms with Gasteiger partial charge in [-0.05, 0) is 29.8 Å². The van der Waals surface area contributed by atoms with Gasteiger partial charge >= 0.3 is 0 Å². The Balaban J connectivity index is 1.70. The molecule has 2 aromatic rings. The van der Waals surface area contributed by atoms with Crippen molar-refractivity contribution in [3.8, 4) is 0 Å². The van der Waals surface area contributed by atoms with Crippen LogP contribution in [0.25, 0.3) is 0 Å². The van der Waals surface area contributed by atoms with Crippen LogP contribution in [0.4, 0.5) is 4.39 Å². The first-order chi connectivity index (χ1) is 12.4. The van der Waals surface area contributed by atoms with E-state index in [-0.39, 0.29) is 24.2 Å². The van der Waals surface area contributed by atoms with Gasteiger partial charge in [-0.25, -0.2) is 17.5 Å². The minimum absolute atomic E-state index is 0.0677. The normalized spacial score (nSPS) is 17.3. The summed E-state index contributed by atoms with van der Waals surface area (Å²) < 4.78 is 48.1. The molecule has 0 aliphatic carbocycles. The van der Waals surface area contributed by atoms with E-state index < -0.39 is 10.0 Å². The number of nitrogens with one attached hydrogen (secondary N) is 1. The van der Waals surface area contributed by atoms with Crippen molar-refractivity contribution in [3.63, 3.8) is 0 Å². The number of sulfonamides is 1. The van der Waals surface area contributed by atoms with Gasteiger partial charge in [-0.3, -0.25) is 4.90 Å². The van der Waals surface area contributed by atoms with Crippen LogP contribution in [0.15, 0.2) is 42.6 Å². The monoisotopic (exact) mass is 381 g/mol. The first-order valence-electron chi connectivity index (χ1n) is 8.59. The third kappa shape index (κ3) is 4.91. The number of hydrogen-bond acceptors (Lipinski definition) is 4. The molecule has 1 fully saturated rings. The zero-order valence-corrected chi connectivity index (χ0v) is 15.6. The van der Waals surface area contributed by atoms with E-state index in [0.29, 0.717) is 18.8 Å². The number of ether oxygens (including phenoxy) is 1. The summed E-state index contributed by atoms with van der Waals surface area (Å²) in [6.45, 7) is 3.08. The highest BCUT2D eigenvalue weighted by molar-refractivity contribution is 7.88. The van der Waals surface area contributed by atoms with Crippen molar-refractivity contribution in [2.45, 2.75) is 11.8 Å². The van der Waals surface area contributed by atoms with Crippen LogP contribution in [0.2, 0.25) is 0 Å². The molecule has 1 saturated heterocycles. The van der Waals surface area contributed by atoms with Gasteiger partial charge in [0.2, 0.25) is 10.0 Å². The summed E-state index contributed by atoms with van der Waals surface area (Å²) in [6.07, 6.45) is 1.95. The zero-order chi connectivity index (χ0) is 18.6. The third-order valence-corrected chi connectivity index (χ3v) is 5.90. The maximum atomic E-state index is 13.0. The molecule has 2 heterocycles. The second kappa shape index (κ2) is 8.30. The minimum atomic E-state index is -3.52. The van der Waals surface area contributed by atoms with Gasteiger partial charge in [-0.15, -0.1) is 0 Å². The number of morpholine rings is 1. The van der Waals surface area contributed by atoms with Gasteiger partial charge in [0.1, 0.15) is 5.82 Å². The average Bonchev–Trinajstić information content (AvgIpc) is 3.04. The van der Waals surface area contributed by atoms with Gasteiger partial charge < -0.3 is 9.30 Å². The summed E-state index contributed by atoms with van der Waals surface area (Å²) in [6, 6.07) is 9.42. The molecule has 0 spiro atoms. The van der Waals surface area contributed by atoms with E-state index in [0.717, 1.165) is 18.8 Å². The van der Waals surface area contributed by atoms with Crippen molar-refractivity contribution in [3.05, 3.63) is 59.7 Å². The molecule has 1 aliphatic heterocycles. The SMILES string of the molecule is Cn1cccc1[C@@H](CNS(=O)(=O)Cc1ccc(F)cc1)N1CCOCC1. The Hall–Kier alpha value is -1.74. The molecule has 0 radical (unpaired) electrons. The first kappa shape index (κ1) is 19.0. The highest BCUT2D eigenvalue weighted by atomic mass is 32.2. The van der Waals surface area contributed by atoms with Crippen LogP contribution < -0.4 is 4.72 Å². The summed E-state index contributed by atoms with van der Waals surface area (Å²) in [5.41, 5.74) is 1.61. The fraction of sp³-hybridized carbons (Fsp3) is 0.444. The Morgan fingerprint density at radius 1 is 1.19 bits per heavy atom. The predicted molar refractivity (Wildman–Crippen MR) is 97.6 cm³/mol. The van der Waals surface area contributed by atoms with E-state index in [1.54, 1.807) is 0 Å². The van der Waals surface area contributed by atoms with E-state index >= 15 is 0 Å². The highest BCUT2D eigenvalue weighted by Gasteiger charge is 2.26. The number of halogens is 1. The number of aryl methyl sites for hydroxylation is 1.